The van der Waals surface area contributed by atoms with Crippen molar-refractivity contribution in [3.8, 4) is 0 Å². The molecule has 3 amide bonds. The maximum absolute atomic E-state index is 13.6. The van der Waals surface area contributed by atoms with Crippen LogP contribution in [-0.4, -0.2) is 164 Å². The molecule has 0 N–H and O–H groups in total. The zero-order valence-electron chi connectivity index (χ0n) is 74.5. The molecule has 3 unspecified atom stereocenters. The fourth-order valence-corrected chi connectivity index (χ4v) is 22.4. The fraction of sp³-hybridized carbons (Fsp3) is 0.606. The van der Waals surface area contributed by atoms with Crippen LogP contribution in [0.1, 0.15) is 292 Å². The van der Waals surface area contributed by atoms with Gasteiger partial charge in [-0.15, -0.1) is 0 Å². The molecule has 6 aromatic rings. The van der Waals surface area contributed by atoms with Crippen molar-refractivity contribution in [1.29, 1.82) is 0 Å². The van der Waals surface area contributed by atoms with Crippen LogP contribution in [0.2, 0.25) is 0 Å². The number of hydrogen-bond donors (Lipinski definition) is 0. The van der Waals surface area contributed by atoms with E-state index in [4.69, 9.17) is 0 Å². The lowest BCUT2D eigenvalue weighted by molar-refractivity contribution is -0.142. The van der Waals surface area contributed by atoms with Gasteiger partial charge in [-0.3, -0.25) is 29.1 Å². The highest BCUT2D eigenvalue weighted by Crippen LogP contribution is 2.43. The van der Waals surface area contributed by atoms with E-state index in [0.717, 1.165) is 56.0 Å². The molecule has 6 aromatic carbocycles. The summed E-state index contributed by atoms with van der Waals surface area (Å²) in [5.41, 5.74) is 6.57. The number of benzene rings is 6. The predicted molar refractivity (Wildman–Crippen MR) is 478 cm³/mol. The Balaban J connectivity index is 0.000000185. The summed E-state index contributed by atoms with van der Waals surface area (Å²) in [6.45, 7) is 42.7. The van der Waals surface area contributed by atoms with Gasteiger partial charge in [-0.25, -0.2) is 25.3 Å². The molecule has 642 valence electrons. The first-order chi connectivity index (χ1) is 54.9. The van der Waals surface area contributed by atoms with Crippen molar-refractivity contribution < 1.29 is 39.6 Å². The normalized spacial score (nSPS) is 21.1. The van der Waals surface area contributed by atoms with Gasteiger partial charge in [0.15, 0.2) is 29.5 Å². The van der Waals surface area contributed by atoms with E-state index >= 15 is 0 Å². The van der Waals surface area contributed by atoms with Crippen molar-refractivity contribution in [2.75, 3.05) is 58.9 Å². The van der Waals surface area contributed by atoms with Gasteiger partial charge in [-0.05, 0) is 205 Å². The summed E-state index contributed by atoms with van der Waals surface area (Å²) in [5.74, 6) is 2.54. The maximum atomic E-state index is 13.6. The van der Waals surface area contributed by atoms with Gasteiger partial charge in [0.25, 0.3) is 0 Å². The predicted octanol–water partition coefficient (Wildman–Crippen LogP) is 20.6. The van der Waals surface area contributed by atoms with Gasteiger partial charge in [-0.2, -0.15) is 0 Å². The monoisotopic (exact) mass is 1660 g/mol. The van der Waals surface area contributed by atoms with Crippen molar-refractivity contribution in [3.63, 3.8) is 0 Å². The summed E-state index contributed by atoms with van der Waals surface area (Å²) in [6, 6.07) is 54.0. The quantitative estimate of drug-likeness (QED) is 0.0798. The van der Waals surface area contributed by atoms with Crippen LogP contribution < -0.4 is 0 Å². The summed E-state index contributed by atoms with van der Waals surface area (Å²) in [5, 5.41) is 0. The van der Waals surface area contributed by atoms with Crippen LogP contribution in [0.5, 0.6) is 0 Å². The zero-order chi connectivity index (χ0) is 85.3. The highest BCUT2D eigenvalue weighted by atomic mass is 32.2. The molecule has 12 rings (SSSR count). The van der Waals surface area contributed by atoms with Gasteiger partial charge in [0.05, 0.1) is 47.1 Å². The Labute approximate surface area is 707 Å². The number of carbonyl (C=O) groups excluding carboxylic acids is 3. The molecule has 6 fully saturated rings. The largest absolute Gasteiger partial charge is 0.337 e. The molecule has 3 saturated carbocycles. The molecule has 15 nitrogen and oxygen atoms in total. The first-order valence-corrected chi connectivity index (χ1v) is 48.6. The van der Waals surface area contributed by atoms with E-state index in [0.29, 0.717) is 89.1 Å². The molecule has 3 saturated heterocycles. The standard InChI is InChI=1S/3C33H48N2O3S/c3*1-32(2,3)29-24-34(21-22-35(29)30(36)23-25-13-9-7-10-14-25)31(26-15-11-8-12-16-26)27-17-19-28(20-18-27)39(37,38)33(4,5)6/h3*8,11-12,15-20,25,29,31H,7,9-10,13-14,21-24H2,1-6H3/t3*29-,31?/m111/s1. The Morgan fingerprint density at radius 2 is 0.479 bits per heavy atom. The second kappa shape index (κ2) is 38.7. The third-order valence-electron chi connectivity index (χ3n) is 26.1. The number of sulfone groups is 3. The van der Waals surface area contributed by atoms with E-state index in [1.54, 1.807) is 98.7 Å². The number of rotatable bonds is 18. The molecule has 18 heteroatoms. The van der Waals surface area contributed by atoms with Crippen LogP contribution >= 0.6 is 0 Å². The van der Waals surface area contributed by atoms with Gasteiger partial charge >= 0.3 is 0 Å². The lowest BCUT2D eigenvalue weighted by atomic mass is 9.82. The van der Waals surface area contributed by atoms with Crippen molar-refractivity contribution in [1.82, 2.24) is 29.4 Å². The highest BCUT2D eigenvalue weighted by Gasteiger charge is 2.46. The van der Waals surface area contributed by atoms with Crippen LogP contribution in [0.4, 0.5) is 0 Å². The number of amides is 3. The van der Waals surface area contributed by atoms with Gasteiger partial charge in [0.2, 0.25) is 17.7 Å². The van der Waals surface area contributed by atoms with Crippen molar-refractivity contribution in [3.05, 3.63) is 197 Å². The smallest absolute Gasteiger partial charge is 0.223 e. The minimum Gasteiger partial charge on any atom is -0.337 e. The Hall–Kier alpha value is -6.54. The number of carbonyl (C=O) groups is 3. The summed E-state index contributed by atoms with van der Waals surface area (Å²) < 4.78 is 75.8. The molecule has 0 spiro atoms. The molecule has 3 aliphatic heterocycles. The molecule has 0 bridgehead atoms. The van der Waals surface area contributed by atoms with Crippen LogP contribution in [-0.2, 0) is 43.9 Å². The van der Waals surface area contributed by atoms with E-state index < -0.39 is 43.8 Å². The molecule has 117 heavy (non-hydrogen) atoms. The van der Waals surface area contributed by atoms with Gasteiger partial charge in [0.1, 0.15) is 0 Å². The van der Waals surface area contributed by atoms with E-state index in [1.807, 2.05) is 54.6 Å². The second-order valence-corrected chi connectivity index (χ2v) is 49.1. The lowest BCUT2D eigenvalue weighted by Crippen LogP contribution is -2.60. The van der Waals surface area contributed by atoms with E-state index in [-0.39, 0.29) is 52.5 Å². The van der Waals surface area contributed by atoms with E-state index in [2.05, 4.69) is 165 Å². The Kier molecular flexibility index (Phi) is 30.7. The summed E-state index contributed by atoms with van der Waals surface area (Å²) >= 11 is 0. The van der Waals surface area contributed by atoms with Crippen molar-refractivity contribution in [2.24, 2.45) is 34.0 Å². The Morgan fingerprint density at radius 1 is 0.282 bits per heavy atom. The molecule has 3 aliphatic carbocycles. The van der Waals surface area contributed by atoms with Crippen molar-refractivity contribution in [2.45, 2.75) is 305 Å². The van der Waals surface area contributed by atoms with Gasteiger partial charge in [0, 0.05) is 96.3 Å². The Bertz CT molecular complexity index is 4080. The average molecular weight is 1660 g/mol. The van der Waals surface area contributed by atoms with Gasteiger partial charge in [-0.1, -0.05) is 247 Å². The summed E-state index contributed by atoms with van der Waals surface area (Å²) in [6.07, 6.45) is 20.6. The fourth-order valence-electron chi connectivity index (χ4n) is 18.8. The second-order valence-electron chi connectivity index (χ2n) is 41.0. The number of piperazine rings is 3. The van der Waals surface area contributed by atoms with Crippen LogP contribution in [0.15, 0.2) is 178 Å². The molecule has 6 aliphatic rings. The summed E-state index contributed by atoms with van der Waals surface area (Å²) in [4.78, 5) is 55.9. The third kappa shape index (κ3) is 23.2. The van der Waals surface area contributed by atoms with Crippen LogP contribution in [0.3, 0.4) is 0 Å². The van der Waals surface area contributed by atoms with E-state index in [9.17, 15) is 39.6 Å². The number of nitrogens with zero attached hydrogens (tertiary/aromatic N) is 6. The average Bonchev–Trinajstić information content (AvgIpc) is 0.778. The highest BCUT2D eigenvalue weighted by molar-refractivity contribution is 7.93. The minimum absolute atomic E-state index is 0.0157. The topological polar surface area (TPSA) is 173 Å². The van der Waals surface area contributed by atoms with Crippen molar-refractivity contribution >= 4 is 47.2 Å². The third-order valence-corrected chi connectivity index (χ3v) is 33.7. The molecule has 3 heterocycles. The number of hydrogen-bond acceptors (Lipinski definition) is 12. The summed E-state index contributed by atoms with van der Waals surface area (Å²) in [7, 11) is -10.3. The van der Waals surface area contributed by atoms with Crippen LogP contribution in [0, 0.1) is 34.0 Å². The van der Waals surface area contributed by atoms with Crippen LogP contribution in [0.25, 0.3) is 0 Å². The first-order valence-electron chi connectivity index (χ1n) is 44.2. The molecule has 6 atom stereocenters. The molecular formula is C99H144N6O9S3. The maximum Gasteiger partial charge on any atom is 0.223 e. The zero-order valence-corrected chi connectivity index (χ0v) is 76.9. The molecular weight excluding hydrogens is 1510 g/mol. The SMILES string of the molecule is CC(C)(C)[C@H]1CN(C(c2ccccc2)c2ccc(S(=O)(=O)C(C)(C)C)cc2)CCN1C(=O)CC1CCCCC1.CC(C)(C)[C@H]1CN(C(c2ccccc2)c2ccc(S(=O)(=O)C(C)(C)C)cc2)CCN1C(=O)CC1CCCCC1.CC(C)(C)[C@H]1CN(C(c2ccccc2)c2ccc(S(=O)(=O)C(C)(C)C)cc2)CCN1C(=O)CC1CCCCC1. The molecule has 0 radical (unpaired) electrons. The Morgan fingerprint density at radius 3 is 0.667 bits per heavy atom. The minimum atomic E-state index is -3.42. The first kappa shape index (κ1) is 92.7. The lowest BCUT2D eigenvalue weighted by Gasteiger charge is -2.49. The van der Waals surface area contributed by atoms with E-state index in [1.165, 1.54) is 113 Å². The molecule has 0 aromatic heterocycles. The van der Waals surface area contributed by atoms with Gasteiger partial charge < -0.3 is 14.7 Å².